The van der Waals surface area contributed by atoms with Crippen LogP contribution in [0.1, 0.15) is 18.9 Å². The first kappa shape index (κ1) is 14.4. The summed E-state index contributed by atoms with van der Waals surface area (Å²) in [6.07, 6.45) is 3.49. The quantitative estimate of drug-likeness (QED) is 0.519. The Bertz CT molecular complexity index is 414. The molecule has 1 aromatic heterocycles. The van der Waals surface area contributed by atoms with E-state index in [1.165, 1.54) is 0 Å². The molecule has 100 valence electrons. The van der Waals surface area contributed by atoms with E-state index < -0.39 is 5.97 Å². The molecule has 0 atom stereocenters. The van der Waals surface area contributed by atoms with Crippen LogP contribution in [0.15, 0.2) is 12.4 Å². The highest BCUT2D eigenvalue weighted by Crippen LogP contribution is 2.01. The minimum absolute atomic E-state index is 0.139. The first-order valence-electron chi connectivity index (χ1n) is 5.84. The van der Waals surface area contributed by atoms with Crippen molar-refractivity contribution in [1.82, 2.24) is 14.7 Å². The summed E-state index contributed by atoms with van der Waals surface area (Å²) < 4.78 is 6.44. The third-order valence-electron chi connectivity index (χ3n) is 2.30. The average Bonchev–Trinajstić information content (AvgIpc) is 2.63. The van der Waals surface area contributed by atoms with E-state index in [4.69, 9.17) is 4.74 Å². The van der Waals surface area contributed by atoms with Gasteiger partial charge in [0.15, 0.2) is 5.78 Å². The predicted molar refractivity (Wildman–Crippen MR) is 65.8 cm³/mol. The molecule has 1 aromatic rings. The second-order valence-corrected chi connectivity index (χ2v) is 4.22. The molecule has 18 heavy (non-hydrogen) atoms. The van der Waals surface area contributed by atoms with Crippen molar-refractivity contribution in [1.29, 1.82) is 0 Å². The van der Waals surface area contributed by atoms with Crippen molar-refractivity contribution < 1.29 is 14.3 Å². The summed E-state index contributed by atoms with van der Waals surface area (Å²) in [6, 6.07) is 0. The van der Waals surface area contributed by atoms with Gasteiger partial charge in [-0.1, -0.05) is 0 Å². The molecule has 0 aliphatic heterocycles. The normalized spacial score (nSPS) is 10.7. The Hall–Kier alpha value is -1.69. The van der Waals surface area contributed by atoms with Crippen LogP contribution in [0, 0.1) is 0 Å². The molecule has 0 amide bonds. The fourth-order valence-electron chi connectivity index (χ4n) is 1.65. The number of carbonyl (C=O) groups is 2. The van der Waals surface area contributed by atoms with Gasteiger partial charge in [0.05, 0.1) is 19.3 Å². The second-order valence-electron chi connectivity index (χ2n) is 4.22. The maximum atomic E-state index is 11.6. The average molecular weight is 253 g/mol. The lowest BCUT2D eigenvalue weighted by atomic mass is 10.2. The van der Waals surface area contributed by atoms with Crippen LogP contribution < -0.4 is 0 Å². The lowest BCUT2D eigenvalue weighted by molar-refractivity contribution is -0.145. The summed E-state index contributed by atoms with van der Waals surface area (Å²) in [5, 5.41) is 4.05. The highest BCUT2D eigenvalue weighted by Gasteiger charge is 2.13. The number of Topliss-reactive ketones (excluding diaryl/α,β-unsaturated/α-hetero) is 1. The van der Waals surface area contributed by atoms with Crippen molar-refractivity contribution in [2.45, 2.75) is 19.9 Å². The van der Waals surface area contributed by atoms with E-state index in [-0.39, 0.29) is 18.7 Å². The molecule has 0 bridgehead atoms. The number of hydrogen-bond acceptors (Lipinski definition) is 5. The van der Waals surface area contributed by atoms with Crippen molar-refractivity contribution in [2.75, 3.05) is 20.2 Å². The summed E-state index contributed by atoms with van der Waals surface area (Å²) >= 11 is 0. The molecule has 0 aliphatic rings. The summed E-state index contributed by atoms with van der Waals surface area (Å²) in [5.74, 6) is -0.600. The zero-order valence-corrected chi connectivity index (χ0v) is 11.0. The Morgan fingerprint density at radius 3 is 2.78 bits per heavy atom. The molecule has 6 heteroatoms. The molecule has 0 aromatic carbocycles. The van der Waals surface area contributed by atoms with Gasteiger partial charge >= 0.3 is 5.97 Å². The number of ketones is 1. The van der Waals surface area contributed by atoms with Gasteiger partial charge in [-0.15, -0.1) is 0 Å². The van der Waals surface area contributed by atoms with E-state index in [1.807, 2.05) is 25.2 Å². The molecule has 0 spiro atoms. The third-order valence-corrected chi connectivity index (χ3v) is 2.30. The molecular formula is C12H19N3O3. The third kappa shape index (κ3) is 5.09. The molecule has 0 aliphatic carbocycles. The van der Waals surface area contributed by atoms with Gasteiger partial charge in [-0.3, -0.25) is 19.2 Å². The standard InChI is InChI=1S/C12H19N3O3/c1-4-18-12(17)5-11(16)9-14(2)7-10-6-13-15(3)8-10/h6,8H,4-5,7,9H2,1-3H3. The lowest BCUT2D eigenvalue weighted by Gasteiger charge is -2.14. The van der Waals surface area contributed by atoms with E-state index in [2.05, 4.69) is 5.10 Å². The molecular weight excluding hydrogens is 234 g/mol. The van der Waals surface area contributed by atoms with Crippen molar-refractivity contribution in [3.05, 3.63) is 18.0 Å². The Kier molecular flexibility index (Phi) is 5.51. The Labute approximate surface area is 107 Å². The Morgan fingerprint density at radius 1 is 1.50 bits per heavy atom. The number of aromatic nitrogens is 2. The highest BCUT2D eigenvalue weighted by atomic mass is 16.5. The number of esters is 1. The van der Waals surface area contributed by atoms with E-state index >= 15 is 0 Å². The zero-order chi connectivity index (χ0) is 13.5. The van der Waals surface area contributed by atoms with Crippen LogP contribution >= 0.6 is 0 Å². The van der Waals surface area contributed by atoms with Gasteiger partial charge in [0.25, 0.3) is 0 Å². The molecule has 0 N–H and O–H groups in total. The minimum atomic E-state index is -0.461. The fraction of sp³-hybridized carbons (Fsp3) is 0.583. The highest BCUT2D eigenvalue weighted by molar-refractivity contribution is 5.96. The molecule has 0 unspecified atom stereocenters. The number of aryl methyl sites for hydroxylation is 1. The van der Waals surface area contributed by atoms with E-state index in [0.717, 1.165) is 5.56 Å². The van der Waals surface area contributed by atoms with E-state index in [1.54, 1.807) is 17.8 Å². The number of ether oxygens (including phenoxy) is 1. The number of rotatable bonds is 7. The molecule has 0 saturated heterocycles. The summed E-state index contributed by atoms with van der Waals surface area (Å²) in [4.78, 5) is 24.5. The van der Waals surface area contributed by atoms with Gasteiger partial charge in [0, 0.05) is 25.4 Å². The molecule has 6 nitrogen and oxygen atoms in total. The predicted octanol–water partition coefficient (Wildman–Crippen LogP) is 0.374. The van der Waals surface area contributed by atoms with E-state index in [9.17, 15) is 9.59 Å². The number of likely N-dealkylation sites (N-methyl/N-ethyl adjacent to an activating group) is 1. The van der Waals surface area contributed by atoms with Gasteiger partial charge in [-0.2, -0.15) is 5.10 Å². The largest absolute Gasteiger partial charge is 0.466 e. The lowest BCUT2D eigenvalue weighted by Crippen LogP contribution is -2.27. The van der Waals surface area contributed by atoms with Crippen molar-refractivity contribution in [2.24, 2.45) is 7.05 Å². The summed E-state index contributed by atoms with van der Waals surface area (Å²) in [5.41, 5.74) is 1.03. The maximum Gasteiger partial charge on any atom is 0.313 e. The Balaban J connectivity index is 2.33. The van der Waals surface area contributed by atoms with Crippen molar-refractivity contribution >= 4 is 11.8 Å². The molecule has 0 radical (unpaired) electrons. The number of hydrogen-bond donors (Lipinski definition) is 0. The Morgan fingerprint density at radius 2 is 2.22 bits per heavy atom. The first-order chi connectivity index (χ1) is 8.51. The maximum absolute atomic E-state index is 11.6. The van der Waals surface area contributed by atoms with Crippen LogP contribution in [-0.2, 0) is 27.9 Å². The molecule has 0 saturated carbocycles. The zero-order valence-electron chi connectivity index (χ0n) is 11.0. The van der Waals surface area contributed by atoms with Gasteiger partial charge < -0.3 is 4.74 Å². The van der Waals surface area contributed by atoms with Crippen LogP contribution in [0.5, 0.6) is 0 Å². The van der Waals surface area contributed by atoms with Gasteiger partial charge in [0.1, 0.15) is 6.42 Å². The van der Waals surface area contributed by atoms with Crippen LogP contribution in [0.2, 0.25) is 0 Å². The van der Waals surface area contributed by atoms with Gasteiger partial charge in [0.2, 0.25) is 0 Å². The van der Waals surface area contributed by atoms with Gasteiger partial charge in [-0.05, 0) is 14.0 Å². The molecule has 1 rings (SSSR count). The second kappa shape index (κ2) is 6.90. The fourth-order valence-corrected chi connectivity index (χ4v) is 1.65. The number of carbonyl (C=O) groups excluding carboxylic acids is 2. The first-order valence-corrected chi connectivity index (χ1v) is 5.84. The SMILES string of the molecule is CCOC(=O)CC(=O)CN(C)Cc1cnn(C)c1. The molecule has 1 heterocycles. The smallest absolute Gasteiger partial charge is 0.313 e. The summed E-state index contributed by atoms with van der Waals surface area (Å²) in [7, 11) is 3.67. The van der Waals surface area contributed by atoms with Gasteiger partial charge in [-0.25, -0.2) is 0 Å². The topological polar surface area (TPSA) is 64.4 Å². The molecule has 0 fully saturated rings. The summed E-state index contributed by atoms with van der Waals surface area (Å²) in [6.45, 7) is 2.88. The number of nitrogens with zero attached hydrogens (tertiary/aromatic N) is 3. The van der Waals surface area contributed by atoms with Crippen LogP contribution in [0.3, 0.4) is 0 Å². The van der Waals surface area contributed by atoms with E-state index in [0.29, 0.717) is 13.2 Å². The van der Waals surface area contributed by atoms with Crippen molar-refractivity contribution in [3.63, 3.8) is 0 Å². The monoisotopic (exact) mass is 253 g/mol. The minimum Gasteiger partial charge on any atom is -0.466 e. The van der Waals surface area contributed by atoms with Crippen LogP contribution in [0.25, 0.3) is 0 Å². The van der Waals surface area contributed by atoms with Crippen LogP contribution in [0.4, 0.5) is 0 Å². The van der Waals surface area contributed by atoms with Crippen molar-refractivity contribution in [3.8, 4) is 0 Å². The van der Waals surface area contributed by atoms with Crippen LogP contribution in [-0.4, -0.2) is 46.6 Å².